The predicted molar refractivity (Wildman–Crippen MR) is 113 cm³/mol. The Hall–Kier alpha value is -3.56. The summed E-state index contributed by atoms with van der Waals surface area (Å²) in [6.45, 7) is 4.85. The molecule has 1 atom stereocenters. The molecule has 10 heteroatoms. The quantitative estimate of drug-likeness (QED) is 0.552. The van der Waals surface area contributed by atoms with Gasteiger partial charge in [-0.3, -0.25) is 4.79 Å². The molecule has 0 unspecified atom stereocenters. The van der Waals surface area contributed by atoms with E-state index in [0.717, 1.165) is 12.1 Å². The zero-order valence-electron chi connectivity index (χ0n) is 19.1. The number of allylic oxidation sites excluding steroid dienone is 1. The number of carbonyl (C=O) groups excluding carboxylic acids is 3. The van der Waals surface area contributed by atoms with Crippen molar-refractivity contribution in [3.63, 3.8) is 0 Å². The second-order valence-corrected chi connectivity index (χ2v) is 8.07. The lowest BCUT2D eigenvalue weighted by molar-refractivity contribution is -0.144. The number of esters is 2. The normalized spacial score (nSPS) is 16.8. The van der Waals surface area contributed by atoms with Gasteiger partial charge in [-0.2, -0.15) is 13.2 Å². The molecule has 34 heavy (non-hydrogen) atoms. The van der Waals surface area contributed by atoms with Crippen molar-refractivity contribution in [2.75, 3.05) is 7.11 Å². The van der Waals surface area contributed by atoms with Crippen LogP contribution in [0.4, 0.5) is 13.2 Å². The van der Waals surface area contributed by atoms with Gasteiger partial charge >= 0.3 is 18.1 Å². The van der Waals surface area contributed by atoms with Crippen molar-refractivity contribution in [1.29, 1.82) is 0 Å². The lowest BCUT2D eigenvalue weighted by atomic mass is 9.83. The van der Waals surface area contributed by atoms with E-state index < -0.39 is 35.7 Å². The molecule has 1 aliphatic heterocycles. The van der Waals surface area contributed by atoms with E-state index in [-0.39, 0.29) is 36.0 Å². The van der Waals surface area contributed by atoms with Crippen LogP contribution in [0.3, 0.4) is 0 Å². The fourth-order valence-electron chi connectivity index (χ4n) is 3.76. The fraction of sp³-hybridized carbons (Fsp3) is 0.375. The average Bonchev–Trinajstić information content (AvgIpc) is 3.23. The summed E-state index contributed by atoms with van der Waals surface area (Å²) in [5, 5.41) is 0. The Morgan fingerprint density at radius 2 is 1.76 bits per heavy atom. The Bertz CT molecular complexity index is 1110. The van der Waals surface area contributed by atoms with Gasteiger partial charge in [0, 0.05) is 18.0 Å². The van der Waals surface area contributed by atoms with Gasteiger partial charge in [0.1, 0.15) is 5.76 Å². The van der Waals surface area contributed by atoms with Crippen LogP contribution >= 0.6 is 0 Å². The first-order valence-electron chi connectivity index (χ1n) is 10.5. The predicted octanol–water partition coefficient (Wildman–Crippen LogP) is 4.83. The highest BCUT2D eigenvalue weighted by molar-refractivity contribution is 5.96. The van der Waals surface area contributed by atoms with E-state index in [1.54, 1.807) is 20.8 Å². The van der Waals surface area contributed by atoms with Crippen LogP contribution in [-0.2, 0) is 31.8 Å². The van der Waals surface area contributed by atoms with E-state index in [0.29, 0.717) is 11.3 Å². The number of alkyl halides is 3. The van der Waals surface area contributed by atoms with Gasteiger partial charge < -0.3 is 18.8 Å². The van der Waals surface area contributed by atoms with Crippen LogP contribution in [0, 0.1) is 0 Å². The lowest BCUT2D eigenvalue weighted by Crippen LogP contribution is -2.38. The summed E-state index contributed by atoms with van der Waals surface area (Å²) >= 11 is 0. The molecule has 2 aromatic rings. The molecule has 1 amide bonds. The number of rotatable bonds is 6. The van der Waals surface area contributed by atoms with Crippen LogP contribution in [0.25, 0.3) is 0 Å². The first-order valence-corrected chi connectivity index (χ1v) is 10.5. The first kappa shape index (κ1) is 25.1. The molecule has 1 aromatic heterocycles. The summed E-state index contributed by atoms with van der Waals surface area (Å²) in [5.74, 6) is -2.22. The highest BCUT2D eigenvalue weighted by atomic mass is 19.4. The van der Waals surface area contributed by atoms with E-state index in [2.05, 4.69) is 4.74 Å². The van der Waals surface area contributed by atoms with Gasteiger partial charge in [0.2, 0.25) is 11.7 Å². The van der Waals surface area contributed by atoms with Crippen molar-refractivity contribution >= 4 is 17.8 Å². The number of carbonyl (C=O) groups is 3. The maximum atomic E-state index is 13.0. The Kier molecular flexibility index (Phi) is 7.18. The summed E-state index contributed by atoms with van der Waals surface area (Å²) in [7, 11) is 1.21. The summed E-state index contributed by atoms with van der Waals surface area (Å²) < 4.78 is 54.4. The minimum atomic E-state index is -4.50. The van der Waals surface area contributed by atoms with Crippen LogP contribution in [0.5, 0.6) is 0 Å². The zero-order chi connectivity index (χ0) is 25.2. The molecule has 0 fully saturated rings. The molecule has 0 saturated carbocycles. The molecule has 0 radical (unpaired) electrons. The van der Waals surface area contributed by atoms with Crippen molar-refractivity contribution in [3.8, 4) is 0 Å². The van der Waals surface area contributed by atoms with E-state index >= 15 is 0 Å². The molecule has 1 aromatic carbocycles. The average molecular weight is 479 g/mol. The smallest absolute Gasteiger partial charge is 0.416 e. The molecule has 0 saturated heterocycles. The summed E-state index contributed by atoms with van der Waals surface area (Å²) in [5.41, 5.74) is 0.0314. The van der Waals surface area contributed by atoms with Crippen molar-refractivity contribution in [1.82, 2.24) is 4.90 Å². The van der Waals surface area contributed by atoms with E-state index in [4.69, 9.17) is 9.15 Å². The minimum Gasteiger partial charge on any atom is -0.463 e. The number of hydrogen-bond acceptors (Lipinski definition) is 6. The number of amides is 1. The standard InChI is InChI=1S/C24H24F3NO6/c1-13(2)33-23(31)21-14(3)28(12-17-9-10-19(34-17)22(30)32-4)20(29)11-18(21)15-5-7-16(8-6-15)24(25,26)27/h5-10,13,18H,11-12H2,1-4H3/t18-/m0/s1. The SMILES string of the molecule is COC(=O)c1ccc(CN2C(=O)C[C@@H](c3ccc(C(F)(F)F)cc3)C(C(=O)OC(C)C)=C2C)o1. The third-order valence-electron chi connectivity index (χ3n) is 5.39. The van der Waals surface area contributed by atoms with E-state index in [1.165, 1.54) is 36.3 Å². The Morgan fingerprint density at radius 3 is 2.32 bits per heavy atom. The van der Waals surface area contributed by atoms with Gasteiger partial charge in [-0.05, 0) is 50.6 Å². The molecule has 0 N–H and O–H groups in total. The van der Waals surface area contributed by atoms with Gasteiger partial charge in [0.05, 0.1) is 30.9 Å². The molecule has 0 aliphatic carbocycles. The number of furan rings is 1. The fourth-order valence-corrected chi connectivity index (χ4v) is 3.76. The number of ether oxygens (including phenoxy) is 2. The topological polar surface area (TPSA) is 86.0 Å². The van der Waals surface area contributed by atoms with Crippen molar-refractivity contribution in [2.24, 2.45) is 0 Å². The number of methoxy groups -OCH3 is 1. The van der Waals surface area contributed by atoms with Crippen LogP contribution in [0.15, 0.2) is 52.1 Å². The number of nitrogens with zero attached hydrogens (tertiary/aromatic N) is 1. The van der Waals surface area contributed by atoms with Crippen molar-refractivity contribution in [3.05, 3.63) is 70.3 Å². The highest BCUT2D eigenvalue weighted by Gasteiger charge is 2.38. The number of hydrogen-bond donors (Lipinski definition) is 0. The molecular formula is C24H24F3NO6. The van der Waals surface area contributed by atoms with Crippen LogP contribution in [0.1, 0.15) is 60.6 Å². The largest absolute Gasteiger partial charge is 0.463 e. The third kappa shape index (κ3) is 5.32. The van der Waals surface area contributed by atoms with Crippen molar-refractivity contribution in [2.45, 2.75) is 51.9 Å². The lowest BCUT2D eigenvalue weighted by Gasteiger charge is -2.34. The monoisotopic (exact) mass is 479 g/mol. The zero-order valence-corrected chi connectivity index (χ0v) is 19.1. The molecule has 0 bridgehead atoms. The number of benzene rings is 1. The second-order valence-electron chi connectivity index (χ2n) is 8.07. The minimum absolute atomic E-state index is 0.0364. The van der Waals surface area contributed by atoms with Crippen LogP contribution in [0.2, 0.25) is 0 Å². The number of halogens is 3. The van der Waals surface area contributed by atoms with Gasteiger partial charge in [-0.1, -0.05) is 12.1 Å². The Labute approximate surface area is 194 Å². The van der Waals surface area contributed by atoms with Gasteiger partial charge in [0.15, 0.2) is 0 Å². The maximum absolute atomic E-state index is 13.0. The molecule has 7 nitrogen and oxygen atoms in total. The van der Waals surface area contributed by atoms with Gasteiger partial charge in [-0.25, -0.2) is 9.59 Å². The van der Waals surface area contributed by atoms with Gasteiger partial charge in [-0.15, -0.1) is 0 Å². The summed E-state index contributed by atoms with van der Waals surface area (Å²) in [4.78, 5) is 39.0. The molecule has 182 valence electrons. The van der Waals surface area contributed by atoms with Gasteiger partial charge in [0.25, 0.3) is 0 Å². The van der Waals surface area contributed by atoms with E-state index in [9.17, 15) is 27.6 Å². The Morgan fingerprint density at radius 1 is 1.12 bits per heavy atom. The summed E-state index contributed by atoms with van der Waals surface area (Å²) in [6.07, 6.45) is -5.11. The molecule has 3 rings (SSSR count). The highest BCUT2D eigenvalue weighted by Crippen LogP contribution is 2.39. The first-order chi connectivity index (χ1) is 15.9. The van der Waals surface area contributed by atoms with Crippen LogP contribution in [-0.4, -0.2) is 36.0 Å². The molecule has 2 heterocycles. The molecule has 0 spiro atoms. The maximum Gasteiger partial charge on any atom is 0.416 e. The molecule has 1 aliphatic rings. The van der Waals surface area contributed by atoms with E-state index in [1.807, 2.05) is 0 Å². The Balaban J connectivity index is 1.99. The third-order valence-corrected chi connectivity index (χ3v) is 5.39. The summed E-state index contributed by atoms with van der Waals surface area (Å²) in [6, 6.07) is 7.30. The molecular weight excluding hydrogens is 455 g/mol. The van der Waals surface area contributed by atoms with Crippen LogP contribution < -0.4 is 0 Å². The van der Waals surface area contributed by atoms with Crippen molar-refractivity contribution < 1.29 is 41.4 Å². The second kappa shape index (κ2) is 9.74.